The van der Waals surface area contributed by atoms with Crippen LogP contribution in [-0.2, 0) is 4.84 Å². The van der Waals surface area contributed by atoms with Gasteiger partial charge in [-0.1, -0.05) is 28.4 Å². The predicted molar refractivity (Wildman–Crippen MR) is 100 cm³/mol. The molecule has 0 radical (unpaired) electrons. The van der Waals surface area contributed by atoms with E-state index >= 15 is 0 Å². The molecule has 0 saturated heterocycles. The molecule has 0 amide bonds. The highest BCUT2D eigenvalue weighted by atomic mass is 35.5. The van der Waals surface area contributed by atoms with Crippen molar-refractivity contribution in [2.24, 2.45) is 10.3 Å². The summed E-state index contributed by atoms with van der Waals surface area (Å²) in [6, 6.07) is 11.6. The van der Waals surface area contributed by atoms with Crippen molar-refractivity contribution in [3.8, 4) is 5.75 Å². The average molecular weight is 380 g/mol. The smallest absolute Gasteiger partial charge is 0.214 e. The van der Waals surface area contributed by atoms with Gasteiger partial charge < -0.3 is 9.57 Å². The van der Waals surface area contributed by atoms with E-state index in [0.717, 1.165) is 0 Å². The number of hydrogen-bond donors (Lipinski definition) is 1. The molecule has 0 heterocycles. The summed E-state index contributed by atoms with van der Waals surface area (Å²) in [7, 11) is 2.95. The fourth-order valence-electron chi connectivity index (χ4n) is 1.82. The number of carbonyl (C=O) groups excluding carboxylic acids is 1. The molecule has 6 nitrogen and oxygen atoms in total. The first-order valence-electron chi connectivity index (χ1n) is 7.09. The number of nitrogens with zero attached hydrogens (tertiary/aromatic N) is 2. The third-order valence-corrected chi connectivity index (χ3v) is 3.83. The van der Waals surface area contributed by atoms with E-state index in [4.69, 9.17) is 27.9 Å². The lowest BCUT2D eigenvalue weighted by Gasteiger charge is -2.05. The van der Waals surface area contributed by atoms with E-state index in [9.17, 15) is 4.79 Å². The van der Waals surface area contributed by atoms with Crippen molar-refractivity contribution in [3.63, 3.8) is 0 Å². The Balaban J connectivity index is 2.25. The van der Waals surface area contributed by atoms with Gasteiger partial charge in [0.05, 0.1) is 29.1 Å². The van der Waals surface area contributed by atoms with Crippen LogP contribution in [0.4, 0.5) is 5.69 Å². The number of Topliss-reactive ketones (excluding diaryl/α,β-unsaturated/α-hetero) is 1. The summed E-state index contributed by atoms with van der Waals surface area (Å²) < 4.78 is 5.09. The molecule has 1 N–H and O–H groups in total. The number of rotatable bonds is 7. The Kier molecular flexibility index (Phi) is 6.80. The molecule has 0 aliphatic heterocycles. The van der Waals surface area contributed by atoms with Crippen molar-refractivity contribution < 1.29 is 14.4 Å². The lowest BCUT2D eigenvalue weighted by molar-refractivity contribution is 0.106. The van der Waals surface area contributed by atoms with Crippen molar-refractivity contribution in [2.45, 2.75) is 0 Å². The fraction of sp³-hybridized carbons (Fsp3) is 0.118. The minimum absolute atomic E-state index is 0.0380. The summed E-state index contributed by atoms with van der Waals surface area (Å²) in [6.07, 6.45) is 1.21. The van der Waals surface area contributed by atoms with Crippen LogP contribution < -0.4 is 10.2 Å². The number of carbonyl (C=O) groups is 1. The summed E-state index contributed by atoms with van der Waals surface area (Å²) in [6.45, 7) is 0. The van der Waals surface area contributed by atoms with Crippen molar-refractivity contribution in [3.05, 3.63) is 58.1 Å². The normalized spacial score (nSPS) is 11.4. The van der Waals surface area contributed by atoms with E-state index in [0.29, 0.717) is 22.0 Å². The number of benzene rings is 2. The van der Waals surface area contributed by atoms with Gasteiger partial charge in [0.25, 0.3) is 0 Å². The van der Waals surface area contributed by atoms with Gasteiger partial charge in [0.2, 0.25) is 5.78 Å². The molecule has 0 saturated carbocycles. The van der Waals surface area contributed by atoms with Gasteiger partial charge in [-0.15, -0.1) is 0 Å². The van der Waals surface area contributed by atoms with E-state index in [-0.39, 0.29) is 16.5 Å². The Morgan fingerprint density at radius 3 is 2.40 bits per heavy atom. The van der Waals surface area contributed by atoms with Gasteiger partial charge in [-0.3, -0.25) is 10.2 Å². The largest absolute Gasteiger partial charge is 0.497 e. The molecule has 0 aromatic heterocycles. The lowest BCUT2D eigenvalue weighted by atomic mass is 10.1. The molecular weight excluding hydrogens is 365 g/mol. The quantitative estimate of drug-likeness (QED) is 0.442. The van der Waals surface area contributed by atoms with E-state index in [1.54, 1.807) is 43.5 Å². The number of halogens is 2. The highest BCUT2D eigenvalue weighted by Crippen LogP contribution is 2.23. The average Bonchev–Trinajstić information content (AvgIpc) is 2.64. The Hall–Kier alpha value is -2.57. The Bertz CT molecular complexity index is 805. The van der Waals surface area contributed by atoms with E-state index in [2.05, 4.69) is 20.5 Å². The topological polar surface area (TPSA) is 72.3 Å². The first-order chi connectivity index (χ1) is 12.0. The number of anilines is 1. The standard InChI is InChI=1S/C17H15Cl2N3O3/c1-24-13-6-4-12(5-7-13)21-22-16(10-20-25-2)17(23)11-3-8-14(18)15(19)9-11/h3-10,21H,1-2H3/b20-10+,22-16-. The summed E-state index contributed by atoms with van der Waals surface area (Å²) in [5, 5.41) is 8.33. The highest BCUT2D eigenvalue weighted by Gasteiger charge is 2.14. The van der Waals surface area contributed by atoms with Gasteiger partial charge in [-0.25, -0.2) is 0 Å². The summed E-state index contributed by atoms with van der Waals surface area (Å²) in [5.41, 5.74) is 3.82. The maximum absolute atomic E-state index is 12.6. The van der Waals surface area contributed by atoms with Crippen LogP contribution in [0.5, 0.6) is 5.75 Å². The van der Waals surface area contributed by atoms with Crippen LogP contribution in [0.25, 0.3) is 0 Å². The van der Waals surface area contributed by atoms with Crippen LogP contribution in [0, 0.1) is 0 Å². The predicted octanol–water partition coefficient (Wildman–Crippen LogP) is 4.29. The maximum Gasteiger partial charge on any atom is 0.214 e. The number of hydrazone groups is 1. The van der Waals surface area contributed by atoms with E-state index in [1.807, 2.05) is 0 Å². The number of ketones is 1. The molecule has 0 aliphatic carbocycles. The Labute approximate surface area is 155 Å². The van der Waals surface area contributed by atoms with Crippen LogP contribution in [0.3, 0.4) is 0 Å². The van der Waals surface area contributed by atoms with Crippen LogP contribution in [0.1, 0.15) is 10.4 Å². The maximum atomic E-state index is 12.6. The number of hydrogen-bond acceptors (Lipinski definition) is 6. The molecule has 0 spiro atoms. The van der Waals surface area contributed by atoms with E-state index in [1.165, 1.54) is 19.4 Å². The number of ether oxygens (including phenoxy) is 1. The van der Waals surface area contributed by atoms with Gasteiger partial charge in [-0.2, -0.15) is 5.10 Å². The molecule has 2 aromatic rings. The Morgan fingerprint density at radius 2 is 1.80 bits per heavy atom. The number of oxime groups is 1. The van der Waals surface area contributed by atoms with Gasteiger partial charge in [0, 0.05) is 5.56 Å². The molecular formula is C17H15Cl2N3O3. The van der Waals surface area contributed by atoms with Gasteiger partial charge in [-0.05, 0) is 42.5 Å². The third-order valence-electron chi connectivity index (χ3n) is 3.09. The molecule has 130 valence electrons. The van der Waals surface area contributed by atoms with Crippen molar-refractivity contribution in [1.82, 2.24) is 0 Å². The zero-order valence-electron chi connectivity index (χ0n) is 13.5. The van der Waals surface area contributed by atoms with Crippen molar-refractivity contribution in [2.75, 3.05) is 19.6 Å². The molecule has 0 aliphatic rings. The summed E-state index contributed by atoms with van der Waals surface area (Å²) in [4.78, 5) is 17.2. The fourth-order valence-corrected chi connectivity index (χ4v) is 2.11. The zero-order valence-corrected chi connectivity index (χ0v) is 15.0. The van der Waals surface area contributed by atoms with Crippen LogP contribution in [-0.4, -0.2) is 31.9 Å². The third kappa shape index (κ3) is 5.20. The molecule has 0 fully saturated rings. The molecule has 0 atom stereocenters. The van der Waals surface area contributed by atoms with Crippen LogP contribution in [0.15, 0.2) is 52.7 Å². The SMILES string of the molecule is CO/N=C/C(=N/Nc1ccc(OC)cc1)C(=O)c1ccc(Cl)c(Cl)c1. The number of methoxy groups -OCH3 is 1. The monoisotopic (exact) mass is 379 g/mol. The van der Waals surface area contributed by atoms with Crippen LogP contribution >= 0.6 is 23.2 Å². The Morgan fingerprint density at radius 1 is 1.08 bits per heavy atom. The lowest BCUT2D eigenvalue weighted by Crippen LogP contribution is -2.18. The molecule has 8 heteroatoms. The second-order valence-corrected chi connectivity index (χ2v) is 5.53. The van der Waals surface area contributed by atoms with Crippen LogP contribution in [0.2, 0.25) is 10.0 Å². The van der Waals surface area contributed by atoms with Crippen molar-refractivity contribution >= 4 is 46.6 Å². The molecule has 2 aromatic carbocycles. The second kappa shape index (κ2) is 9.05. The van der Waals surface area contributed by atoms with Gasteiger partial charge in [0.1, 0.15) is 12.9 Å². The second-order valence-electron chi connectivity index (χ2n) is 4.71. The molecule has 2 rings (SSSR count). The first-order valence-corrected chi connectivity index (χ1v) is 7.84. The van der Waals surface area contributed by atoms with Gasteiger partial charge in [0.15, 0.2) is 5.71 Å². The van der Waals surface area contributed by atoms with E-state index < -0.39 is 0 Å². The molecule has 25 heavy (non-hydrogen) atoms. The summed E-state index contributed by atoms with van der Waals surface area (Å²) in [5.74, 6) is 0.322. The molecule has 0 bridgehead atoms. The summed E-state index contributed by atoms with van der Waals surface area (Å²) >= 11 is 11.8. The number of nitrogens with one attached hydrogen (secondary N) is 1. The zero-order chi connectivity index (χ0) is 18.2. The minimum atomic E-state index is -0.389. The first kappa shape index (κ1) is 18.8. The minimum Gasteiger partial charge on any atom is -0.497 e. The van der Waals surface area contributed by atoms with Gasteiger partial charge >= 0.3 is 0 Å². The molecule has 0 unspecified atom stereocenters. The highest BCUT2D eigenvalue weighted by molar-refractivity contribution is 6.65. The van der Waals surface area contributed by atoms with Crippen molar-refractivity contribution in [1.29, 1.82) is 0 Å².